The number of imidazole rings is 1. The van der Waals surface area contributed by atoms with Gasteiger partial charge >= 0.3 is 0 Å². The van der Waals surface area contributed by atoms with Crippen molar-refractivity contribution in [2.45, 2.75) is 6.92 Å². The zero-order chi connectivity index (χ0) is 23.7. The molecule has 0 saturated carbocycles. The predicted molar refractivity (Wildman–Crippen MR) is 134 cm³/mol. The van der Waals surface area contributed by atoms with Gasteiger partial charge in [-0.2, -0.15) is 0 Å². The summed E-state index contributed by atoms with van der Waals surface area (Å²) in [6.45, 7) is 1.77. The first kappa shape index (κ1) is 21.7. The van der Waals surface area contributed by atoms with Crippen LogP contribution in [-0.4, -0.2) is 29.0 Å². The molecule has 1 amide bonds. The van der Waals surface area contributed by atoms with E-state index in [0.717, 1.165) is 27.8 Å². The Morgan fingerprint density at radius 3 is 2.71 bits per heavy atom. The van der Waals surface area contributed by atoms with E-state index in [2.05, 4.69) is 10.3 Å². The lowest BCUT2D eigenvalue weighted by atomic mass is 10.2. The highest BCUT2D eigenvalue weighted by atomic mass is 32.1. The fourth-order valence-electron chi connectivity index (χ4n) is 3.70. The second kappa shape index (κ2) is 8.99. The van der Waals surface area contributed by atoms with Crippen molar-refractivity contribution < 1.29 is 14.3 Å². The Kier molecular flexibility index (Phi) is 5.73. The Labute approximate surface area is 198 Å². The maximum absolute atomic E-state index is 13.0. The van der Waals surface area contributed by atoms with Crippen molar-refractivity contribution in [3.63, 3.8) is 0 Å². The lowest BCUT2D eigenvalue weighted by Crippen LogP contribution is -2.22. The molecule has 0 fully saturated rings. The van der Waals surface area contributed by atoms with E-state index in [-0.39, 0.29) is 18.1 Å². The predicted octanol–water partition coefficient (Wildman–Crippen LogP) is 3.79. The molecule has 3 aromatic carbocycles. The first-order chi connectivity index (χ1) is 16.5. The SMILES string of the molecule is COc1cc(/C=c2\sc3nc4ccccc4n3c2=O)ccc1OCC(=O)Nc1ccccc1C. The van der Waals surface area contributed by atoms with Gasteiger partial charge in [-0.25, -0.2) is 9.38 Å². The number of thiazole rings is 1. The third-order valence-corrected chi connectivity index (χ3v) is 6.38. The zero-order valence-corrected chi connectivity index (χ0v) is 19.4. The molecule has 0 radical (unpaired) electrons. The molecule has 5 aromatic rings. The summed E-state index contributed by atoms with van der Waals surface area (Å²) in [5, 5.41) is 2.84. The number of hydrogen-bond donors (Lipinski definition) is 1. The summed E-state index contributed by atoms with van der Waals surface area (Å²) in [6.07, 6.45) is 1.80. The molecule has 7 nitrogen and oxygen atoms in total. The molecule has 0 aliphatic rings. The zero-order valence-electron chi connectivity index (χ0n) is 18.6. The molecule has 8 heteroatoms. The second-order valence-corrected chi connectivity index (χ2v) is 8.71. The van der Waals surface area contributed by atoms with Crippen molar-refractivity contribution in [3.8, 4) is 11.5 Å². The summed E-state index contributed by atoms with van der Waals surface area (Å²) in [6, 6.07) is 20.4. The Hall–Kier alpha value is -4.17. The summed E-state index contributed by atoms with van der Waals surface area (Å²) >= 11 is 1.34. The lowest BCUT2D eigenvalue weighted by molar-refractivity contribution is -0.118. The van der Waals surface area contributed by atoms with Gasteiger partial charge in [0, 0.05) is 5.69 Å². The molecule has 170 valence electrons. The van der Waals surface area contributed by atoms with Crippen molar-refractivity contribution >= 4 is 45.0 Å². The number of para-hydroxylation sites is 3. The van der Waals surface area contributed by atoms with Crippen LogP contribution in [0.15, 0.2) is 71.5 Å². The number of methoxy groups -OCH3 is 1. The molecule has 0 saturated heterocycles. The minimum Gasteiger partial charge on any atom is -0.493 e. The normalized spacial score (nSPS) is 11.8. The molecule has 1 N–H and O–H groups in total. The number of carbonyl (C=O) groups excluding carboxylic acids is 1. The molecule has 0 spiro atoms. The Bertz CT molecular complexity index is 1640. The number of aromatic nitrogens is 2. The minimum absolute atomic E-state index is 0.110. The van der Waals surface area contributed by atoms with Crippen LogP contribution in [0.25, 0.3) is 22.1 Å². The number of anilines is 1. The van der Waals surface area contributed by atoms with Crippen molar-refractivity contribution in [1.29, 1.82) is 0 Å². The van der Waals surface area contributed by atoms with Gasteiger partial charge in [-0.1, -0.05) is 47.7 Å². The fourth-order valence-corrected chi connectivity index (χ4v) is 4.69. The number of rotatable bonds is 6. The highest BCUT2D eigenvalue weighted by molar-refractivity contribution is 7.15. The van der Waals surface area contributed by atoms with Crippen LogP contribution in [0.1, 0.15) is 11.1 Å². The lowest BCUT2D eigenvalue weighted by Gasteiger charge is -2.12. The van der Waals surface area contributed by atoms with Crippen LogP contribution >= 0.6 is 11.3 Å². The van der Waals surface area contributed by atoms with Crippen LogP contribution in [0.2, 0.25) is 0 Å². The monoisotopic (exact) mass is 471 g/mol. The molecule has 2 heterocycles. The maximum Gasteiger partial charge on any atom is 0.274 e. The highest BCUT2D eigenvalue weighted by Crippen LogP contribution is 2.28. The van der Waals surface area contributed by atoms with E-state index in [1.807, 2.05) is 61.5 Å². The van der Waals surface area contributed by atoms with Crippen molar-refractivity contribution in [1.82, 2.24) is 9.38 Å². The number of ether oxygens (including phenoxy) is 2. The van der Waals surface area contributed by atoms with Gasteiger partial charge in [-0.15, -0.1) is 0 Å². The molecule has 34 heavy (non-hydrogen) atoms. The summed E-state index contributed by atoms with van der Waals surface area (Å²) in [5.41, 5.74) is 3.98. The average Bonchev–Trinajstić information content (AvgIpc) is 3.35. The molecule has 0 atom stereocenters. The smallest absolute Gasteiger partial charge is 0.274 e. The molecular weight excluding hydrogens is 450 g/mol. The van der Waals surface area contributed by atoms with Gasteiger partial charge in [0.1, 0.15) is 0 Å². The Balaban J connectivity index is 1.37. The summed E-state index contributed by atoms with van der Waals surface area (Å²) < 4.78 is 13.4. The molecular formula is C26H21N3O4S. The molecule has 0 bridgehead atoms. The Morgan fingerprint density at radius 2 is 1.88 bits per heavy atom. The van der Waals surface area contributed by atoms with Crippen LogP contribution in [-0.2, 0) is 4.79 Å². The maximum atomic E-state index is 13.0. The molecule has 0 aliphatic carbocycles. The van der Waals surface area contributed by atoms with Gasteiger partial charge in [0.25, 0.3) is 11.5 Å². The van der Waals surface area contributed by atoms with Gasteiger partial charge in [-0.3, -0.25) is 9.59 Å². The number of fused-ring (bicyclic) bond motifs is 3. The number of nitrogens with zero attached hydrogens (tertiary/aromatic N) is 2. The van der Waals surface area contributed by atoms with E-state index in [4.69, 9.17) is 9.47 Å². The summed E-state index contributed by atoms with van der Waals surface area (Å²) in [4.78, 5) is 30.5. The van der Waals surface area contributed by atoms with Gasteiger partial charge in [0.15, 0.2) is 23.1 Å². The molecule has 2 aromatic heterocycles. The number of hydrogen-bond acceptors (Lipinski definition) is 6. The number of nitrogens with one attached hydrogen (secondary N) is 1. The third-order valence-electron chi connectivity index (χ3n) is 5.41. The summed E-state index contributed by atoms with van der Waals surface area (Å²) in [5.74, 6) is 0.641. The fraction of sp³-hybridized carbons (Fsp3) is 0.115. The van der Waals surface area contributed by atoms with Crippen LogP contribution < -0.4 is 24.9 Å². The second-order valence-electron chi connectivity index (χ2n) is 7.70. The first-order valence-corrected chi connectivity index (χ1v) is 11.4. The number of amides is 1. The van der Waals surface area contributed by atoms with Crippen LogP contribution in [0.5, 0.6) is 11.5 Å². The van der Waals surface area contributed by atoms with E-state index in [9.17, 15) is 9.59 Å². The first-order valence-electron chi connectivity index (χ1n) is 10.6. The number of benzene rings is 3. The standard InChI is InChI=1S/C26H21N3O4S/c1-16-7-3-4-8-18(16)27-24(30)15-33-21-12-11-17(13-22(21)32-2)14-23-25(31)29-20-10-6-5-9-19(20)28-26(29)34-23/h3-14H,15H2,1-2H3,(H,27,30)/b23-14-. The Morgan fingerprint density at radius 1 is 1.09 bits per heavy atom. The molecule has 5 rings (SSSR count). The van der Waals surface area contributed by atoms with E-state index in [1.165, 1.54) is 18.4 Å². The van der Waals surface area contributed by atoms with Crippen LogP contribution in [0.4, 0.5) is 5.69 Å². The van der Waals surface area contributed by atoms with E-state index >= 15 is 0 Å². The average molecular weight is 472 g/mol. The molecule has 0 unspecified atom stereocenters. The van der Waals surface area contributed by atoms with Gasteiger partial charge in [0.2, 0.25) is 0 Å². The number of aryl methyl sites for hydroxylation is 1. The van der Waals surface area contributed by atoms with Crippen LogP contribution in [0, 0.1) is 6.92 Å². The minimum atomic E-state index is -0.267. The summed E-state index contributed by atoms with van der Waals surface area (Å²) in [7, 11) is 1.53. The highest BCUT2D eigenvalue weighted by Gasteiger charge is 2.12. The topological polar surface area (TPSA) is 81.9 Å². The van der Waals surface area contributed by atoms with Gasteiger partial charge in [-0.05, 0) is 54.5 Å². The van der Waals surface area contributed by atoms with E-state index in [0.29, 0.717) is 21.0 Å². The van der Waals surface area contributed by atoms with E-state index in [1.54, 1.807) is 22.6 Å². The van der Waals surface area contributed by atoms with Crippen LogP contribution in [0.3, 0.4) is 0 Å². The van der Waals surface area contributed by atoms with Gasteiger partial charge in [0.05, 0.1) is 22.7 Å². The third kappa shape index (κ3) is 4.11. The quantitative estimate of drug-likeness (QED) is 0.408. The van der Waals surface area contributed by atoms with Gasteiger partial charge < -0.3 is 14.8 Å². The largest absolute Gasteiger partial charge is 0.493 e. The molecule has 0 aliphatic heterocycles. The van der Waals surface area contributed by atoms with Crippen molar-refractivity contribution in [2.24, 2.45) is 0 Å². The van der Waals surface area contributed by atoms with Crippen molar-refractivity contribution in [2.75, 3.05) is 19.0 Å². The van der Waals surface area contributed by atoms with Crippen molar-refractivity contribution in [3.05, 3.63) is 92.7 Å². The van der Waals surface area contributed by atoms with E-state index < -0.39 is 0 Å². The number of carbonyl (C=O) groups is 1.